The first-order chi connectivity index (χ1) is 4.81. The Labute approximate surface area is 61.5 Å². The Bertz CT molecular complexity index is 113. The second kappa shape index (κ2) is 2.19. The van der Waals surface area contributed by atoms with E-state index in [2.05, 4.69) is 5.32 Å². The molecule has 0 amide bonds. The third-order valence-electron chi connectivity index (χ3n) is 2.74. The standard InChI is InChI=1S/C7H15N3/c8-10-5-7(6-10)1-3-9-4-2-7/h9H,1-6,8H2. The van der Waals surface area contributed by atoms with Gasteiger partial charge in [-0.05, 0) is 25.9 Å². The van der Waals surface area contributed by atoms with Crippen LogP contribution in [0.25, 0.3) is 0 Å². The summed E-state index contributed by atoms with van der Waals surface area (Å²) < 4.78 is 0. The first kappa shape index (κ1) is 6.58. The van der Waals surface area contributed by atoms with Gasteiger partial charge in [0.1, 0.15) is 0 Å². The quantitative estimate of drug-likeness (QED) is 0.449. The molecule has 3 heteroatoms. The van der Waals surface area contributed by atoms with Crippen LogP contribution >= 0.6 is 0 Å². The highest BCUT2D eigenvalue weighted by Crippen LogP contribution is 2.36. The van der Waals surface area contributed by atoms with Crippen LogP contribution in [0.1, 0.15) is 12.8 Å². The Morgan fingerprint density at radius 3 is 2.30 bits per heavy atom. The van der Waals surface area contributed by atoms with Gasteiger partial charge in [-0.1, -0.05) is 0 Å². The fourth-order valence-corrected chi connectivity index (χ4v) is 2.09. The average Bonchev–Trinajstić information content (AvgIpc) is 1.87. The lowest BCUT2D eigenvalue weighted by Gasteiger charge is -2.50. The van der Waals surface area contributed by atoms with Crippen molar-refractivity contribution in [2.45, 2.75) is 12.8 Å². The number of rotatable bonds is 0. The molecule has 2 aliphatic rings. The van der Waals surface area contributed by atoms with Crippen LogP contribution in [0, 0.1) is 5.41 Å². The molecule has 0 bridgehead atoms. The maximum absolute atomic E-state index is 5.60. The van der Waals surface area contributed by atoms with E-state index in [1.165, 1.54) is 25.9 Å². The minimum absolute atomic E-state index is 0.611. The molecule has 2 saturated heterocycles. The summed E-state index contributed by atoms with van der Waals surface area (Å²) in [5.74, 6) is 5.60. The molecule has 10 heavy (non-hydrogen) atoms. The Morgan fingerprint density at radius 1 is 1.20 bits per heavy atom. The molecule has 0 saturated carbocycles. The summed E-state index contributed by atoms with van der Waals surface area (Å²) in [7, 11) is 0. The number of nitrogens with zero attached hydrogens (tertiary/aromatic N) is 1. The summed E-state index contributed by atoms with van der Waals surface area (Å²) in [6.45, 7) is 4.62. The molecule has 0 aliphatic carbocycles. The molecular weight excluding hydrogens is 126 g/mol. The fourth-order valence-electron chi connectivity index (χ4n) is 2.09. The molecule has 2 fully saturated rings. The van der Waals surface area contributed by atoms with Gasteiger partial charge < -0.3 is 5.32 Å². The number of nitrogens with two attached hydrogens (primary N) is 1. The van der Waals surface area contributed by atoms with Crippen molar-refractivity contribution in [3.8, 4) is 0 Å². The van der Waals surface area contributed by atoms with Gasteiger partial charge >= 0.3 is 0 Å². The second-order valence-corrected chi connectivity index (χ2v) is 3.65. The summed E-state index contributed by atoms with van der Waals surface area (Å²) in [6.07, 6.45) is 2.64. The van der Waals surface area contributed by atoms with E-state index in [9.17, 15) is 0 Å². The van der Waals surface area contributed by atoms with Gasteiger partial charge in [0.05, 0.1) is 0 Å². The van der Waals surface area contributed by atoms with Crippen LogP contribution < -0.4 is 11.2 Å². The van der Waals surface area contributed by atoms with Gasteiger partial charge in [-0.3, -0.25) is 5.84 Å². The lowest BCUT2D eigenvalue weighted by Crippen LogP contribution is -2.62. The van der Waals surface area contributed by atoms with E-state index in [-0.39, 0.29) is 0 Å². The number of hydrazine groups is 1. The molecule has 2 aliphatic heterocycles. The normalized spacial score (nSPS) is 32.1. The van der Waals surface area contributed by atoms with Crippen molar-refractivity contribution in [2.24, 2.45) is 11.3 Å². The van der Waals surface area contributed by atoms with Gasteiger partial charge in [-0.2, -0.15) is 0 Å². The van der Waals surface area contributed by atoms with Gasteiger partial charge in [0.25, 0.3) is 0 Å². The van der Waals surface area contributed by atoms with Gasteiger partial charge in [0.2, 0.25) is 0 Å². The molecule has 0 aromatic heterocycles. The highest BCUT2D eigenvalue weighted by Gasteiger charge is 2.41. The summed E-state index contributed by atoms with van der Waals surface area (Å²) >= 11 is 0. The lowest BCUT2D eigenvalue weighted by atomic mass is 9.73. The highest BCUT2D eigenvalue weighted by atomic mass is 15.4. The molecule has 0 aromatic rings. The van der Waals surface area contributed by atoms with Gasteiger partial charge in [0, 0.05) is 18.5 Å². The van der Waals surface area contributed by atoms with E-state index in [0.717, 1.165) is 13.1 Å². The van der Waals surface area contributed by atoms with Crippen LogP contribution in [0.15, 0.2) is 0 Å². The van der Waals surface area contributed by atoms with Crippen molar-refractivity contribution in [1.82, 2.24) is 10.3 Å². The molecule has 3 nitrogen and oxygen atoms in total. The lowest BCUT2D eigenvalue weighted by molar-refractivity contribution is -0.0233. The first-order valence-electron chi connectivity index (χ1n) is 4.01. The van der Waals surface area contributed by atoms with E-state index >= 15 is 0 Å². The topological polar surface area (TPSA) is 41.3 Å². The molecule has 58 valence electrons. The van der Waals surface area contributed by atoms with Crippen molar-refractivity contribution < 1.29 is 0 Å². The summed E-state index contributed by atoms with van der Waals surface area (Å²) in [6, 6.07) is 0. The van der Waals surface area contributed by atoms with E-state index in [1.807, 2.05) is 5.01 Å². The van der Waals surface area contributed by atoms with Crippen LogP contribution in [-0.2, 0) is 0 Å². The molecule has 0 atom stereocenters. The van der Waals surface area contributed by atoms with Gasteiger partial charge in [-0.15, -0.1) is 0 Å². The maximum atomic E-state index is 5.60. The number of nitrogens with one attached hydrogen (secondary N) is 1. The fraction of sp³-hybridized carbons (Fsp3) is 1.00. The number of hydrogen-bond acceptors (Lipinski definition) is 3. The van der Waals surface area contributed by atoms with Gasteiger partial charge in [-0.25, -0.2) is 5.01 Å². The summed E-state index contributed by atoms with van der Waals surface area (Å²) in [5.41, 5.74) is 0.611. The van der Waals surface area contributed by atoms with Crippen LogP contribution in [0.2, 0.25) is 0 Å². The highest BCUT2D eigenvalue weighted by molar-refractivity contribution is 4.95. The van der Waals surface area contributed by atoms with Crippen LogP contribution in [0.3, 0.4) is 0 Å². The van der Waals surface area contributed by atoms with Crippen molar-refractivity contribution in [3.05, 3.63) is 0 Å². The van der Waals surface area contributed by atoms with Crippen LogP contribution in [0.5, 0.6) is 0 Å². The number of piperidine rings is 1. The zero-order valence-electron chi connectivity index (χ0n) is 6.27. The molecule has 1 spiro atoms. The Balaban J connectivity index is 1.90. The molecular formula is C7H15N3. The van der Waals surface area contributed by atoms with E-state index < -0.39 is 0 Å². The SMILES string of the molecule is NN1CC2(CCNCC2)C1. The molecule has 3 N–H and O–H groups in total. The van der Waals surface area contributed by atoms with E-state index in [0.29, 0.717) is 5.41 Å². The van der Waals surface area contributed by atoms with Crippen molar-refractivity contribution in [3.63, 3.8) is 0 Å². The third-order valence-corrected chi connectivity index (χ3v) is 2.74. The third kappa shape index (κ3) is 0.944. The number of hydrogen-bond donors (Lipinski definition) is 2. The predicted octanol–water partition coefficient (Wildman–Crippen LogP) is -0.455. The molecule has 2 heterocycles. The summed E-state index contributed by atoms with van der Waals surface area (Å²) in [4.78, 5) is 0. The minimum Gasteiger partial charge on any atom is -0.317 e. The second-order valence-electron chi connectivity index (χ2n) is 3.65. The molecule has 0 radical (unpaired) electrons. The van der Waals surface area contributed by atoms with Crippen LogP contribution in [-0.4, -0.2) is 31.2 Å². The summed E-state index contributed by atoms with van der Waals surface area (Å²) in [5, 5.41) is 5.29. The predicted molar refractivity (Wildman–Crippen MR) is 40.3 cm³/mol. The first-order valence-corrected chi connectivity index (χ1v) is 4.01. The maximum Gasteiger partial charge on any atom is 0.0199 e. The minimum atomic E-state index is 0.611. The largest absolute Gasteiger partial charge is 0.317 e. The zero-order valence-corrected chi connectivity index (χ0v) is 6.27. The van der Waals surface area contributed by atoms with E-state index in [1.54, 1.807) is 0 Å². The smallest absolute Gasteiger partial charge is 0.0199 e. The Hall–Kier alpha value is -0.120. The van der Waals surface area contributed by atoms with Crippen molar-refractivity contribution in [2.75, 3.05) is 26.2 Å². The average molecular weight is 141 g/mol. The molecule has 2 rings (SSSR count). The van der Waals surface area contributed by atoms with Crippen molar-refractivity contribution >= 4 is 0 Å². The van der Waals surface area contributed by atoms with Crippen LogP contribution in [0.4, 0.5) is 0 Å². The van der Waals surface area contributed by atoms with E-state index in [4.69, 9.17) is 5.84 Å². The Kier molecular flexibility index (Phi) is 1.44. The van der Waals surface area contributed by atoms with Gasteiger partial charge in [0.15, 0.2) is 0 Å². The van der Waals surface area contributed by atoms with Crippen molar-refractivity contribution in [1.29, 1.82) is 0 Å². The molecule has 0 unspecified atom stereocenters. The Morgan fingerprint density at radius 2 is 1.80 bits per heavy atom. The zero-order chi connectivity index (χ0) is 7.03. The monoisotopic (exact) mass is 141 g/mol. The molecule has 0 aromatic carbocycles.